The van der Waals surface area contributed by atoms with Crippen LogP contribution < -0.4 is 5.56 Å². The largest absolute Gasteiger partial charge is 0.468 e. The predicted molar refractivity (Wildman–Crippen MR) is 151 cm³/mol. The normalized spacial score (nSPS) is 15.0. The lowest BCUT2D eigenvalue weighted by molar-refractivity contribution is 0.176. The zero-order chi connectivity index (χ0) is 26.9. The van der Waals surface area contributed by atoms with E-state index in [1.807, 2.05) is 60.1 Å². The first-order chi connectivity index (χ1) is 19.0. The fourth-order valence-electron chi connectivity index (χ4n) is 5.87. The molecule has 5 aromatic rings. The summed E-state index contributed by atoms with van der Waals surface area (Å²) < 4.78 is 7.71. The van der Waals surface area contributed by atoms with E-state index in [0.29, 0.717) is 29.5 Å². The van der Waals surface area contributed by atoms with Gasteiger partial charge in [-0.3, -0.25) is 9.69 Å². The molecule has 9 heteroatoms. The number of aromatic amines is 1. The van der Waals surface area contributed by atoms with Crippen molar-refractivity contribution in [3.05, 3.63) is 110 Å². The van der Waals surface area contributed by atoms with Crippen LogP contribution in [0.3, 0.4) is 0 Å². The summed E-state index contributed by atoms with van der Waals surface area (Å²) in [5.41, 5.74) is 4.38. The van der Waals surface area contributed by atoms with Gasteiger partial charge in [0.1, 0.15) is 11.8 Å². The second-order valence-electron chi connectivity index (χ2n) is 10.5. The topological polar surface area (TPSA) is 92.8 Å². The van der Waals surface area contributed by atoms with Crippen LogP contribution >= 0.6 is 11.6 Å². The second-order valence-corrected chi connectivity index (χ2v) is 10.9. The lowest BCUT2D eigenvalue weighted by atomic mass is 9.99. The molecule has 6 rings (SSSR count). The smallest absolute Gasteiger partial charge is 0.253 e. The molecule has 1 saturated carbocycles. The molecule has 1 N–H and O–H groups in total. The van der Waals surface area contributed by atoms with E-state index in [1.165, 1.54) is 0 Å². The van der Waals surface area contributed by atoms with Crippen molar-refractivity contribution in [1.29, 1.82) is 0 Å². The van der Waals surface area contributed by atoms with Gasteiger partial charge >= 0.3 is 0 Å². The van der Waals surface area contributed by atoms with Gasteiger partial charge in [-0.2, -0.15) is 0 Å². The van der Waals surface area contributed by atoms with Gasteiger partial charge in [-0.1, -0.05) is 48.7 Å². The van der Waals surface area contributed by atoms with E-state index < -0.39 is 6.04 Å². The first-order valence-corrected chi connectivity index (χ1v) is 13.8. The monoisotopic (exact) mass is 542 g/mol. The molecule has 0 aliphatic heterocycles. The van der Waals surface area contributed by atoms with Crippen molar-refractivity contribution in [2.75, 3.05) is 0 Å². The molecule has 1 aliphatic carbocycles. The molecular formula is C30H31ClN6O2. The van der Waals surface area contributed by atoms with Crippen LogP contribution in [0.1, 0.15) is 71.6 Å². The number of hydrogen-bond acceptors (Lipinski definition) is 6. The van der Waals surface area contributed by atoms with Crippen LogP contribution in [0, 0.1) is 13.8 Å². The van der Waals surface area contributed by atoms with Crippen LogP contribution in [0.5, 0.6) is 0 Å². The molecular weight excluding hydrogens is 512 g/mol. The van der Waals surface area contributed by atoms with E-state index in [0.717, 1.165) is 59.0 Å². The number of pyridine rings is 1. The van der Waals surface area contributed by atoms with E-state index >= 15 is 0 Å². The van der Waals surface area contributed by atoms with Crippen LogP contribution in [-0.4, -0.2) is 30.1 Å². The molecule has 3 aromatic heterocycles. The van der Waals surface area contributed by atoms with Gasteiger partial charge in [0.2, 0.25) is 0 Å². The van der Waals surface area contributed by atoms with Gasteiger partial charge < -0.3 is 9.40 Å². The number of tetrazole rings is 1. The van der Waals surface area contributed by atoms with Crippen molar-refractivity contribution < 1.29 is 4.42 Å². The summed E-state index contributed by atoms with van der Waals surface area (Å²) in [5.74, 6) is 1.42. The molecule has 39 heavy (non-hydrogen) atoms. The van der Waals surface area contributed by atoms with Crippen LogP contribution in [0.15, 0.2) is 70.1 Å². The minimum Gasteiger partial charge on any atom is -0.468 e. The summed E-state index contributed by atoms with van der Waals surface area (Å²) in [6.07, 6.45) is 5.97. The first-order valence-electron chi connectivity index (χ1n) is 13.4. The quantitative estimate of drug-likeness (QED) is 0.248. The Morgan fingerprint density at radius 3 is 2.69 bits per heavy atom. The molecule has 1 aliphatic rings. The summed E-state index contributed by atoms with van der Waals surface area (Å²) in [7, 11) is 0. The van der Waals surface area contributed by atoms with Crippen LogP contribution in [0.4, 0.5) is 0 Å². The predicted octanol–water partition coefficient (Wildman–Crippen LogP) is 6.28. The third kappa shape index (κ3) is 5.14. The molecule has 0 bridgehead atoms. The van der Waals surface area contributed by atoms with Gasteiger partial charge in [-0.05, 0) is 84.1 Å². The third-order valence-corrected chi connectivity index (χ3v) is 8.07. The number of aryl methyl sites for hydroxylation is 2. The lowest BCUT2D eigenvalue weighted by Gasteiger charge is -2.31. The minimum atomic E-state index is -0.546. The highest BCUT2D eigenvalue weighted by atomic mass is 35.5. The van der Waals surface area contributed by atoms with Crippen molar-refractivity contribution in [3.63, 3.8) is 0 Å². The Kier molecular flexibility index (Phi) is 7.06. The van der Waals surface area contributed by atoms with Gasteiger partial charge in [0.25, 0.3) is 5.56 Å². The number of H-pyrrole nitrogens is 1. The molecule has 0 amide bonds. The second kappa shape index (κ2) is 10.8. The average molecular weight is 543 g/mol. The maximum absolute atomic E-state index is 13.8. The third-order valence-electron chi connectivity index (χ3n) is 7.70. The van der Waals surface area contributed by atoms with Crippen molar-refractivity contribution in [3.8, 4) is 0 Å². The van der Waals surface area contributed by atoms with Gasteiger partial charge in [0.15, 0.2) is 5.82 Å². The number of nitrogens with zero attached hydrogens (tertiary/aromatic N) is 5. The average Bonchev–Trinajstić information content (AvgIpc) is 3.69. The van der Waals surface area contributed by atoms with Crippen molar-refractivity contribution >= 4 is 22.5 Å². The number of furan rings is 1. The standard InChI is InChI=1S/C30H31ClN6O2/c1-19-14-20(2)24-16-25(30(38)32-27(24)15-19)28(29-33-34-35-37(29)22-9-4-5-10-22)36(18-23-11-7-13-39-23)17-21-8-3-6-12-26(21)31/h3,6-8,11-16,22,28H,4-5,9-10,17-18H2,1-2H3,(H,32,38)/t28-/m0/s1. The lowest BCUT2D eigenvalue weighted by Crippen LogP contribution is -2.35. The zero-order valence-electron chi connectivity index (χ0n) is 22.1. The fourth-order valence-corrected chi connectivity index (χ4v) is 6.06. The highest BCUT2D eigenvalue weighted by Gasteiger charge is 2.34. The Bertz CT molecular complexity index is 1650. The molecule has 0 spiro atoms. The number of rotatable bonds is 8. The van der Waals surface area contributed by atoms with Gasteiger partial charge in [0, 0.05) is 28.0 Å². The van der Waals surface area contributed by atoms with Crippen molar-refractivity contribution in [1.82, 2.24) is 30.1 Å². The molecule has 8 nitrogen and oxygen atoms in total. The summed E-state index contributed by atoms with van der Waals surface area (Å²) in [6, 6.07) is 17.4. The van der Waals surface area contributed by atoms with Crippen LogP contribution in [0.25, 0.3) is 10.9 Å². The Morgan fingerprint density at radius 1 is 1.10 bits per heavy atom. The number of fused-ring (bicyclic) bond motifs is 1. The van der Waals surface area contributed by atoms with E-state index in [4.69, 9.17) is 16.0 Å². The molecule has 0 radical (unpaired) electrons. The molecule has 1 fully saturated rings. The number of halogens is 1. The Hall–Kier alpha value is -3.75. The van der Waals surface area contributed by atoms with Gasteiger partial charge in [-0.15, -0.1) is 5.10 Å². The SMILES string of the molecule is Cc1cc(C)c2cc([C@@H](c3nnnn3C3CCCC3)N(Cc3ccco3)Cc3ccccc3Cl)c(=O)[nH]c2c1. The summed E-state index contributed by atoms with van der Waals surface area (Å²) in [4.78, 5) is 19.2. The van der Waals surface area contributed by atoms with Crippen molar-refractivity contribution in [2.45, 2.75) is 64.7 Å². The van der Waals surface area contributed by atoms with E-state index in [1.54, 1.807) is 6.26 Å². The molecule has 0 saturated heterocycles. The van der Waals surface area contributed by atoms with Crippen LogP contribution in [-0.2, 0) is 13.1 Å². The maximum atomic E-state index is 13.8. The highest BCUT2D eigenvalue weighted by molar-refractivity contribution is 6.31. The molecule has 1 atom stereocenters. The van der Waals surface area contributed by atoms with E-state index in [2.05, 4.69) is 38.4 Å². The highest BCUT2D eigenvalue weighted by Crippen LogP contribution is 2.36. The molecule has 200 valence electrons. The van der Waals surface area contributed by atoms with Gasteiger partial charge in [-0.25, -0.2) is 4.68 Å². The summed E-state index contributed by atoms with van der Waals surface area (Å²) in [6.45, 7) is 5.00. The number of benzene rings is 2. The zero-order valence-corrected chi connectivity index (χ0v) is 22.9. The number of hydrogen-bond donors (Lipinski definition) is 1. The number of nitrogens with one attached hydrogen (secondary N) is 1. The first kappa shape index (κ1) is 25.5. The maximum Gasteiger partial charge on any atom is 0.253 e. The Labute approximate surface area is 231 Å². The van der Waals surface area contributed by atoms with Crippen molar-refractivity contribution in [2.24, 2.45) is 0 Å². The van der Waals surface area contributed by atoms with Gasteiger partial charge in [0.05, 0.1) is 18.8 Å². The Morgan fingerprint density at radius 2 is 1.92 bits per heavy atom. The molecule has 3 heterocycles. The summed E-state index contributed by atoms with van der Waals surface area (Å²) in [5, 5.41) is 14.8. The fraction of sp³-hybridized carbons (Fsp3) is 0.333. The molecule has 0 unspecified atom stereocenters. The van der Waals surface area contributed by atoms with E-state index in [9.17, 15) is 4.79 Å². The minimum absolute atomic E-state index is 0.165. The Balaban J connectivity index is 1.56. The summed E-state index contributed by atoms with van der Waals surface area (Å²) >= 11 is 6.64. The molecule has 2 aromatic carbocycles. The number of aromatic nitrogens is 5. The van der Waals surface area contributed by atoms with E-state index in [-0.39, 0.29) is 11.6 Å². The van der Waals surface area contributed by atoms with Crippen LogP contribution in [0.2, 0.25) is 5.02 Å².